The molecular weight excluding hydrogens is 290 g/mol. The highest BCUT2D eigenvalue weighted by Gasteiger charge is 2.38. The molecule has 19 heavy (non-hydrogen) atoms. The van der Waals surface area contributed by atoms with Gasteiger partial charge in [-0.2, -0.15) is 11.8 Å². The molecule has 1 heterocycles. The van der Waals surface area contributed by atoms with E-state index in [9.17, 15) is 13.2 Å². The Bertz CT molecular complexity index is 463. The largest absolute Gasteiger partial charge is 0.409 e. The fraction of sp³-hybridized carbons (Fsp3) is 0.800. The lowest BCUT2D eigenvalue weighted by atomic mass is 10.1. The maximum absolute atomic E-state index is 12.3. The minimum Gasteiger partial charge on any atom is -0.409 e. The molecule has 9 heteroatoms. The molecule has 0 aromatic rings. The van der Waals surface area contributed by atoms with E-state index in [-0.39, 0.29) is 11.6 Å². The van der Waals surface area contributed by atoms with Crippen LogP contribution < -0.4 is 5.73 Å². The van der Waals surface area contributed by atoms with E-state index in [0.717, 1.165) is 0 Å². The SMILES string of the molecule is CCS(=O)(=O)C1CSCCN1C(=O)C(C)C(N)=NO. The normalized spacial score (nSPS) is 23.2. The number of sulfone groups is 1. The molecule has 0 saturated carbocycles. The Kier molecular flexibility index (Phi) is 5.48. The molecule has 1 amide bonds. The van der Waals surface area contributed by atoms with Crippen molar-refractivity contribution in [3.63, 3.8) is 0 Å². The Morgan fingerprint density at radius 3 is 2.79 bits per heavy atom. The van der Waals surface area contributed by atoms with Crippen LogP contribution in [-0.2, 0) is 14.6 Å². The summed E-state index contributed by atoms with van der Waals surface area (Å²) in [6.45, 7) is 3.41. The van der Waals surface area contributed by atoms with E-state index in [0.29, 0.717) is 18.1 Å². The average Bonchev–Trinajstić information content (AvgIpc) is 2.44. The summed E-state index contributed by atoms with van der Waals surface area (Å²) >= 11 is 1.51. The zero-order chi connectivity index (χ0) is 14.6. The van der Waals surface area contributed by atoms with Gasteiger partial charge in [0.2, 0.25) is 5.91 Å². The molecule has 110 valence electrons. The number of carbonyl (C=O) groups is 1. The summed E-state index contributed by atoms with van der Waals surface area (Å²) in [5, 5.41) is 10.6. The Hall–Kier alpha value is -0.960. The van der Waals surface area contributed by atoms with E-state index in [1.807, 2.05) is 0 Å². The first-order valence-corrected chi connectivity index (χ1v) is 8.79. The lowest BCUT2D eigenvalue weighted by Crippen LogP contribution is -2.53. The van der Waals surface area contributed by atoms with Crippen molar-refractivity contribution in [1.82, 2.24) is 4.90 Å². The number of oxime groups is 1. The number of amidine groups is 1. The van der Waals surface area contributed by atoms with E-state index in [4.69, 9.17) is 10.9 Å². The predicted molar refractivity (Wildman–Crippen MR) is 74.9 cm³/mol. The van der Waals surface area contributed by atoms with Crippen LogP contribution in [0.5, 0.6) is 0 Å². The number of hydrogen-bond donors (Lipinski definition) is 2. The Morgan fingerprint density at radius 1 is 1.63 bits per heavy atom. The Labute approximate surface area is 117 Å². The summed E-state index contributed by atoms with van der Waals surface area (Å²) in [5.41, 5.74) is 5.41. The highest BCUT2D eigenvalue weighted by Crippen LogP contribution is 2.23. The molecule has 0 aromatic heterocycles. The van der Waals surface area contributed by atoms with E-state index >= 15 is 0 Å². The second-order valence-electron chi connectivity index (χ2n) is 4.26. The molecule has 7 nitrogen and oxygen atoms in total. The summed E-state index contributed by atoms with van der Waals surface area (Å²) in [7, 11) is -3.34. The maximum Gasteiger partial charge on any atom is 0.234 e. The van der Waals surface area contributed by atoms with Crippen LogP contribution in [0, 0.1) is 5.92 Å². The molecule has 0 radical (unpaired) electrons. The van der Waals surface area contributed by atoms with Crippen LogP contribution >= 0.6 is 11.8 Å². The third-order valence-corrected chi connectivity index (χ3v) is 6.40. The van der Waals surface area contributed by atoms with Crippen LogP contribution in [0.3, 0.4) is 0 Å². The first-order chi connectivity index (χ1) is 8.85. The number of hydrogen-bond acceptors (Lipinski definition) is 6. The Morgan fingerprint density at radius 2 is 2.26 bits per heavy atom. The molecule has 2 unspecified atom stereocenters. The van der Waals surface area contributed by atoms with Crippen molar-refractivity contribution in [3.8, 4) is 0 Å². The molecular formula is C10H19N3O4S2. The standard InChI is InChI=1S/C10H19N3O4S2/c1-3-19(16,17)8-6-18-5-4-13(8)10(14)7(2)9(11)12-15/h7-8,15H,3-6H2,1-2H3,(H2,11,12). The van der Waals surface area contributed by atoms with Gasteiger partial charge in [-0.3, -0.25) is 4.79 Å². The number of thioether (sulfide) groups is 1. The highest BCUT2D eigenvalue weighted by molar-refractivity contribution is 8.01. The van der Waals surface area contributed by atoms with Crippen molar-refractivity contribution in [2.75, 3.05) is 23.8 Å². The first-order valence-electron chi connectivity index (χ1n) is 5.92. The summed E-state index contributed by atoms with van der Waals surface area (Å²) in [6, 6.07) is 0. The van der Waals surface area contributed by atoms with Gasteiger partial charge >= 0.3 is 0 Å². The summed E-state index contributed by atoms with van der Waals surface area (Å²) in [6.07, 6.45) is 0. The fourth-order valence-electron chi connectivity index (χ4n) is 1.78. The van der Waals surface area contributed by atoms with E-state index in [1.54, 1.807) is 6.92 Å². The van der Waals surface area contributed by atoms with Gasteiger partial charge in [-0.25, -0.2) is 8.42 Å². The number of amides is 1. The van der Waals surface area contributed by atoms with Crippen molar-refractivity contribution in [2.45, 2.75) is 19.2 Å². The summed E-state index contributed by atoms with van der Waals surface area (Å²) in [5.74, 6) is -0.425. The fourth-order valence-corrected chi connectivity index (χ4v) is 4.76. The molecule has 3 N–H and O–H groups in total. The summed E-state index contributed by atoms with van der Waals surface area (Å²) < 4.78 is 24.0. The molecule has 0 aliphatic carbocycles. The smallest absolute Gasteiger partial charge is 0.234 e. The monoisotopic (exact) mass is 309 g/mol. The maximum atomic E-state index is 12.3. The lowest BCUT2D eigenvalue weighted by Gasteiger charge is -2.36. The molecule has 1 fully saturated rings. The third-order valence-electron chi connectivity index (χ3n) is 3.11. The van der Waals surface area contributed by atoms with E-state index < -0.39 is 27.0 Å². The van der Waals surface area contributed by atoms with Gasteiger partial charge < -0.3 is 15.8 Å². The zero-order valence-corrected chi connectivity index (χ0v) is 12.6. The van der Waals surface area contributed by atoms with Crippen molar-refractivity contribution >= 4 is 33.3 Å². The second-order valence-corrected chi connectivity index (χ2v) is 7.86. The minimum absolute atomic E-state index is 0.0139. The van der Waals surface area contributed by atoms with E-state index in [1.165, 1.54) is 23.6 Å². The van der Waals surface area contributed by atoms with Gasteiger partial charge in [0.15, 0.2) is 15.7 Å². The molecule has 0 aromatic carbocycles. The third kappa shape index (κ3) is 3.53. The molecule has 1 aliphatic rings. The number of nitrogens with zero attached hydrogens (tertiary/aromatic N) is 2. The van der Waals surface area contributed by atoms with Crippen molar-refractivity contribution in [2.24, 2.45) is 16.8 Å². The summed E-state index contributed by atoms with van der Waals surface area (Å²) in [4.78, 5) is 13.6. The van der Waals surface area contributed by atoms with Gasteiger partial charge in [0.05, 0.1) is 5.92 Å². The molecule has 1 aliphatic heterocycles. The van der Waals surface area contributed by atoms with Crippen LogP contribution in [-0.4, -0.2) is 59.4 Å². The predicted octanol–water partition coefficient (Wildman–Crippen LogP) is -0.295. The van der Waals surface area contributed by atoms with Crippen LogP contribution in [0.25, 0.3) is 0 Å². The van der Waals surface area contributed by atoms with Gasteiger partial charge in [-0.05, 0) is 6.92 Å². The minimum atomic E-state index is -3.34. The van der Waals surface area contributed by atoms with Gasteiger partial charge in [0, 0.05) is 23.8 Å². The van der Waals surface area contributed by atoms with Crippen molar-refractivity contribution in [3.05, 3.63) is 0 Å². The number of rotatable bonds is 4. The van der Waals surface area contributed by atoms with Gasteiger partial charge in [0.25, 0.3) is 0 Å². The second kappa shape index (κ2) is 6.47. The highest BCUT2D eigenvalue weighted by atomic mass is 32.2. The Balaban J connectivity index is 2.98. The molecule has 1 rings (SSSR count). The van der Waals surface area contributed by atoms with E-state index in [2.05, 4.69) is 5.16 Å². The van der Waals surface area contributed by atoms with Gasteiger partial charge in [-0.1, -0.05) is 12.1 Å². The lowest BCUT2D eigenvalue weighted by molar-refractivity contribution is -0.133. The topological polar surface area (TPSA) is 113 Å². The van der Waals surface area contributed by atoms with Crippen molar-refractivity contribution < 1.29 is 18.4 Å². The molecule has 0 spiro atoms. The quantitative estimate of drug-likeness (QED) is 0.319. The van der Waals surface area contributed by atoms with Gasteiger partial charge in [-0.15, -0.1) is 0 Å². The number of nitrogens with two attached hydrogens (primary N) is 1. The first kappa shape index (κ1) is 16.1. The number of carbonyl (C=O) groups excluding carboxylic acids is 1. The zero-order valence-electron chi connectivity index (χ0n) is 10.9. The molecule has 2 atom stereocenters. The van der Waals surface area contributed by atoms with Gasteiger partial charge in [0.1, 0.15) is 5.37 Å². The molecule has 0 bridgehead atoms. The van der Waals surface area contributed by atoms with Crippen LogP contribution in [0.4, 0.5) is 0 Å². The van der Waals surface area contributed by atoms with Crippen LogP contribution in [0.1, 0.15) is 13.8 Å². The van der Waals surface area contributed by atoms with Crippen LogP contribution in [0.15, 0.2) is 5.16 Å². The molecule has 1 saturated heterocycles. The average molecular weight is 309 g/mol. The van der Waals surface area contributed by atoms with Crippen LogP contribution in [0.2, 0.25) is 0 Å². The van der Waals surface area contributed by atoms with Crippen molar-refractivity contribution in [1.29, 1.82) is 0 Å².